The maximum absolute atomic E-state index is 11.5. The number of esters is 1. The van der Waals surface area contributed by atoms with E-state index < -0.39 is 12.1 Å². The second-order valence-electron chi connectivity index (χ2n) is 4.40. The summed E-state index contributed by atoms with van der Waals surface area (Å²) >= 11 is 0. The summed E-state index contributed by atoms with van der Waals surface area (Å²) in [5.41, 5.74) is 1.12. The van der Waals surface area contributed by atoms with Gasteiger partial charge in [0.2, 0.25) is 0 Å². The smallest absolute Gasteiger partial charge is 0.313 e. The molecule has 0 amide bonds. The van der Waals surface area contributed by atoms with Crippen molar-refractivity contribution in [2.75, 3.05) is 6.61 Å². The van der Waals surface area contributed by atoms with Crippen molar-refractivity contribution in [2.45, 2.75) is 38.7 Å². The number of rotatable bonds is 8. The number of aryl methyl sites for hydroxylation is 1. The standard InChI is InChI=1S/C15H20O4/c1-2-19-15(18)11-14(17)10-13(16)9-8-12-6-4-3-5-7-12/h3-7,13,16H,2,8-11H2,1H3. The van der Waals surface area contributed by atoms with Crippen LogP contribution in [-0.4, -0.2) is 29.6 Å². The minimum atomic E-state index is -0.706. The Morgan fingerprint density at radius 2 is 1.95 bits per heavy atom. The molecule has 104 valence electrons. The Labute approximate surface area is 113 Å². The van der Waals surface area contributed by atoms with E-state index >= 15 is 0 Å². The first-order valence-electron chi connectivity index (χ1n) is 6.51. The first-order valence-corrected chi connectivity index (χ1v) is 6.51. The van der Waals surface area contributed by atoms with Crippen LogP contribution in [0.4, 0.5) is 0 Å². The van der Waals surface area contributed by atoms with Gasteiger partial charge >= 0.3 is 5.97 Å². The van der Waals surface area contributed by atoms with Crippen molar-refractivity contribution in [1.82, 2.24) is 0 Å². The predicted molar refractivity (Wildman–Crippen MR) is 71.6 cm³/mol. The number of carbonyl (C=O) groups is 2. The van der Waals surface area contributed by atoms with Gasteiger partial charge in [0.05, 0.1) is 12.7 Å². The second-order valence-corrected chi connectivity index (χ2v) is 4.40. The molecule has 0 aromatic heterocycles. The monoisotopic (exact) mass is 264 g/mol. The number of Topliss-reactive ketones (excluding diaryl/α,β-unsaturated/α-hetero) is 1. The highest BCUT2D eigenvalue weighted by Gasteiger charge is 2.15. The van der Waals surface area contributed by atoms with Crippen LogP contribution in [0.2, 0.25) is 0 Å². The number of ether oxygens (including phenoxy) is 1. The van der Waals surface area contributed by atoms with Gasteiger partial charge in [0.15, 0.2) is 0 Å². The van der Waals surface area contributed by atoms with Gasteiger partial charge in [-0.3, -0.25) is 9.59 Å². The summed E-state index contributed by atoms with van der Waals surface area (Å²) in [4.78, 5) is 22.6. The fourth-order valence-corrected chi connectivity index (χ4v) is 1.79. The molecule has 0 aliphatic rings. The molecule has 1 rings (SSSR count). The van der Waals surface area contributed by atoms with Crippen LogP contribution in [0.1, 0.15) is 31.7 Å². The van der Waals surface area contributed by atoms with Crippen molar-refractivity contribution >= 4 is 11.8 Å². The Hall–Kier alpha value is -1.68. The highest BCUT2D eigenvalue weighted by Crippen LogP contribution is 2.08. The number of ketones is 1. The van der Waals surface area contributed by atoms with E-state index in [1.165, 1.54) is 0 Å². The Morgan fingerprint density at radius 3 is 2.58 bits per heavy atom. The summed E-state index contributed by atoms with van der Waals surface area (Å²) in [7, 11) is 0. The van der Waals surface area contributed by atoms with Crippen molar-refractivity contribution in [1.29, 1.82) is 0 Å². The minimum absolute atomic E-state index is 0.00560. The Balaban J connectivity index is 2.25. The Morgan fingerprint density at radius 1 is 1.26 bits per heavy atom. The number of aliphatic hydroxyl groups is 1. The van der Waals surface area contributed by atoms with Crippen molar-refractivity contribution in [3.05, 3.63) is 35.9 Å². The number of benzene rings is 1. The molecular weight excluding hydrogens is 244 g/mol. The van der Waals surface area contributed by atoms with Crippen LogP contribution in [0.25, 0.3) is 0 Å². The molecule has 0 heterocycles. The summed E-state index contributed by atoms with van der Waals surface area (Å²) in [5, 5.41) is 9.75. The van der Waals surface area contributed by atoms with Crippen LogP contribution in [0.15, 0.2) is 30.3 Å². The molecule has 1 N–H and O–H groups in total. The van der Waals surface area contributed by atoms with E-state index in [1.54, 1.807) is 6.92 Å². The van der Waals surface area contributed by atoms with E-state index in [1.807, 2.05) is 30.3 Å². The minimum Gasteiger partial charge on any atom is -0.466 e. The topological polar surface area (TPSA) is 63.6 Å². The van der Waals surface area contributed by atoms with E-state index in [2.05, 4.69) is 4.74 Å². The van der Waals surface area contributed by atoms with E-state index in [9.17, 15) is 14.7 Å². The summed E-state index contributed by atoms with van der Waals surface area (Å²) in [6, 6.07) is 9.77. The van der Waals surface area contributed by atoms with Gasteiger partial charge in [-0.1, -0.05) is 30.3 Å². The third-order valence-electron chi connectivity index (χ3n) is 2.72. The quantitative estimate of drug-likeness (QED) is 0.575. The van der Waals surface area contributed by atoms with Crippen LogP contribution >= 0.6 is 0 Å². The van der Waals surface area contributed by atoms with Crippen LogP contribution in [-0.2, 0) is 20.7 Å². The second kappa shape index (κ2) is 8.43. The molecule has 1 aromatic carbocycles. The summed E-state index contributed by atoms with van der Waals surface area (Å²) in [5.74, 6) is -0.804. The van der Waals surface area contributed by atoms with E-state index in [0.29, 0.717) is 12.8 Å². The molecular formula is C15H20O4. The normalized spacial score (nSPS) is 11.9. The van der Waals surface area contributed by atoms with Gasteiger partial charge in [0.25, 0.3) is 0 Å². The van der Waals surface area contributed by atoms with Crippen LogP contribution in [0.5, 0.6) is 0 Å². The molecule has 4 nitrogen and oxygen atoms in total. The zero-order valence-electron chi connectivity index (χ0n) is 11.2. The first kappa shape index (κ1) is 15.4. The predicted octanol–water partition coefficient (Wildman–Crippen LogP) is 1.89. The Kier molecular flexibility index (Phi) is 6.82. The molecule has 0 saturated heterocycles. The molecule has 1 aromatic rings. The molecule has 0 radical (unpaired) electrons. The lowest BCUT2D eigenvalue weighted by Crippen LogP contribution is -2.18. The fraction of sp³-hybridized carbons (Fsp3) is 0.467. The number of hydrogen-bond donors (Lipinski definition) is 1. The fourth-order valence-electron chi connectivity index (χ4n) is 1.79. The van der Waals surface area contributed by atoms with Gasteiger partial charge in [-0.2, -0.15) is 0 Å². The van der Waals surface area contributed by atoms with Crippen LogP contribution in [0.3, 0.4) is 0 Å². The van der Waals surface area contributed by atoms with Gasteiger partial charge in [-0.25, -0.2) is 0 Å². The summed E-state index contributed by atoms with van der Waals surface area (Å²) < 4.78 is 4.68. The number of carbonyl (C=O) groups excluding carboxylic acids is 2. The average Bonchev–Trinajstić information content (AvgIpc) is 2.37. The van der Waals surface area contributed by atoms with Crippen molar-refractivity contribution in [3.63, 3.8) is 0 Å². The first-order chi connectivity index (χ1) is 9.11. The summed E-state index contributed by atoms with van der Waals surface area (Å²) in [6.07, 6.45) is 0.275. The summed E-state index contributed by atoms with van der Waals surface area (Å²) in [6.45, 7) is 1.96. The van der Waals surface area contributed by atoms with Crippen molar-refractivity contribution in [2.24, 2.45) is 0 Å². The van der Waals surface area contributed by atoms with Gasteiger partial charge in [-0.15, -0.1) is 0 Å². The van der Waals surface area contributed by atoms with Gasteiger partial charge in [0.1, 0.15) is 12.2 Å². The van der Waals surface area contributed by atoms with E-state index in [-0.39, 0.29) is 25.2 Å². The van der Waals surface area contributed by atoms with Gasteiger partial charge in [-0.05, 0) is 25.3 Å². The number of hydrogen-bond acceptors (Lipinski definition) is 4. The third-order valence-corrected chi connectivity index (χ3v) is 2.72. The van der Waals surface area contributed by atoms with Gasteiger partial charge < -0.3 is 9.84 Å². The average molecular weight is 264 g/mol. The highest BCUT2D eigenvalue weighted by atomic mass is 16.5. The number of aliphatic hydroxyl groups excluding tert-OH is 1. The third kappa shape index (κ3) is 6.72. The Bertz CT molecular complexity index is 400. The van der Waals surface area contributed by atoms with Crippen molar-refractivity contribution < 1.29 is 19.4 Å². The molecule has 0 spiro atoms. The largest absolute Gasteiger partial charge is 0.466 e. The molecule has 0 aliphatic heterocycles. The maximum Gasteiger partial charge on any atom is 0.313 e. The van der Waals surface area contributed by atoms with Gasteiger partial charge in [0, 0.05) is 6.42 Å². The lowest BCUT2D eigenvalue weighted by atomic mass is 10.0. The van der Waals surface area contributed by atoms with E-state index in [0.717, 1.165) is 5.56 Å². The molecule has 0 saturated carbocycles. The lowest BCUT2D eigenvalue weighted by molar-refractivity contribution is -0.145. The van der Waals surface area contributed by atoms with Crippen LogP contribution < -0.4 is 0 Å². The SMILES string of the molecule is CCOC(=O)CC(=O)CC(O)CCc1ccccc1. The molecule has 19 heavy (non-hydrogen) atoms. The zero-order chi connectivity index (χ0) is 14.1. The molecule has 0 aliphatic carbocycles. The van der Waals surface area contributed by atoms with E-state index in [4.69, 9.17) is 0 Å². The molecule has 0 fully saturated rings. The molecule has 0 bridgehead atoms. The molecule has 1 atom stereocenters. The zero-order valence-corrected chi connectivity index (χ0v) is 11.2. The maximum atomic E-state index is 11.5. The lowest BCUT2D eigenvalue weighted by Gasteiger charge is -2.09. The molecule has 4 heteroatoms. The van der Waals surface area contributed by atoms with Crippen molar-refractivity contribution in [3.8, 4) is 0 Å². The highest BCUT2D eigenvalue weighted by molar-refractivity contribution is 5.95. The van der Waals surface area contributed by atoms with Crippen LogP contribution in [0, 0.1) is 0 Å². The molecule has 1 unspecified atom stereocenters.